The monoisotopic (exact) mass is 282 g/mol. The molecule has 0 unspecified atom stereocenters. The van der Waals surface area contributed by atoms with Crippen molar-refractivity contribution in [1.29, 1.82) is 0 Å². The summed E-state index contributed by atoms with van der Waals surface area (Å²) in [6, 6.07) is 6.21. The van der Waals surface area contributed by atoms with E-state index in [4.69, 9.17) is 0 Å². The van der Waals surface area contributed by atoms with E-state index in [0.717, 1.165) is 22.6 Å². The zero-order valence-electron chi connectivity index (χ0n) is 10.9. The first-order chi connectivity index (χ1) is 9.92. The van der Waals surface area contributed by atoms with E-state index in [1.807, 2.05) is 24.5 Å². The highest BCUT2D eigenvalue weighted by atomic mass is 32.1. The van der Waals surface area contributed by atoms with Crippen LogP contribution >= 0.6 is 11.3 Å². The minimum Gasteiger partial charge on any atom is -0.368 e. The van der Waals surface area contributed by atoms with Gasteiger partial charge in [-0.1, -0.05) is 6.07 Å². The number of nitrogens with one attached hydrogen (secondary N) is 1. The molecule has 1 aliphatic rings. The SMILES string of the molecule is c1cncc([C@@H]2C[C@H]2CNc2ncnc3ccsc23)c1. The lowest BCUT2D eigenvalue weighted by Gasteiger charge is -2.05. The lowest BCUT2D eigenvalue weighted by atomic mass is 10.1. The van der Waals surface area contributed by atoms with Crippen LogP contribution in [-0.4, -0.2) is 21.5 Å². The Bertz CT molecular complexity index is 725. The number of thiophene rings is 1. The maximum Gasteiger partial charge on any atom is 0.147 e. The van der Waals surface area contributed by atoms with E-state index >= 15 is 0 Å². The predicted molar refractivity (Wildman–Crippen MR) is 81.0 cm³/mol. The van der Waals surface area contributed by atoms with Crippen LogP contribution in [0.1, 0.15) is 17.9 Å². The number of hydrogen-bond acceptors (Lipinski definition) is 5. The van der Waals surface area contributed by atoms with E-state index in [2.05, 4.69) is 31.7 Å². The van der Waals surface area contributed by atoms with Gasteiger partial charge in [-0.25, -0.2) is 9.97 Å². The summed E-state index contributed by atoms with van der Waals surface area (Å²) in [4.78, 5) is 12.8. The van der Waals surface area contributed by atoms with Crippen LogP contribution in [0.25, 0.3) is 10.2 Å². The molecular formula is C15H14N4S. The second-order valence-corrected chi connectivity index (χ2v) is 6.04. The molecule has 4 nitrogen and oxygen atoms in total. The smallest absolute Gasteiger partial charge is 0.147 e. The number of pyridine rings is 1. The molecule has 20 heavy (non-hydrogen) atoms. The summed E-state index contributed by atoms with van der Waals surface area (Å²) in [5, 5.41) is 5.53. The van der Waals surface area contributed by atoms with E-state index < -0.39 is 0 Å². The van der Waals surface area contributed by atoms with Crippen LogP contribution < -0.4 is 5.32 Å². The molecule has 0 radical (unpaired) electrons. The van der Waals surface area contributed by atoms with Crippen molar-refractivity contribution in [1.82, 2.24) is 15.0 Å². The molecule has 5 heteroatoms. The van der Waals surface area contributed by atoms with Gasteiger partial charge in [-0.3, -0.25) is 4.98 Å². The highest BCUT2D eigenvalue weighted by Gasteiger charge is 2.38. The molecule has 1 saturated carbocycles. The van der Waals surface area contributed by atoms with Crippen molar-refractivity contribution in [3.63, 3.8) is 0 Å². The molecule has 4 rings (SSSR count). The fourth-order valence-electron chi connectivity index (χ4n) is 2.62. The van der Waals surface area contributed by atoms with E-state index in [9.17, 15) is 0 Å². The van der Waals surface area contributed by atoms with Gasteiger partial charge in [0.1, 0.15) is 12.1 Å². The summed E-state index contributed by atoms with van der Waals surface area (Å²) in [6.45, 7) is 0.962. The highest BCUT2D eigenvalue weighted by Crippen LogP contribution is 2.47. The largest absolute Gasteiger partial charge is 0.368 e. The van der Waals surface area contributed by atoms with Gasteiger partial charge in [-0.15, -0.1) is 11.3 Å². The summed E-state index contributed by atoms with van der Waals surface area (Å²) in [7, 11) is 0. The summed E-state index contributed by atoms with van der Waals surface area (Å²) in [5.41, 5.74) is 2.37. The van der Waals surface area contributed by atoms with Crippen LogP contribution in [-0.2, 0) is 0 Å². The third kappa shape index (κ3) is 2.14. The topological polar surface area (TPSA) is 50.7 Å². The van der Waals surface area contributed by atoms with Crippen molar-refractivity contribution >= 4 is 27.4 Å². The first-order valence-electron chi connectivity index (χ1n) is 6.74. The Morgan fingerprint density at radius 3 is 3.20 bits per heavy atom. The molecule has 0 bridgehead atoms. The molecule has 0 spiro atoms. The van der Waals surface area contributed by atoms with Gasteiger partial charge < -0.3 is 5.32 Å². The van der Waals surface area contributed by atoms with E-state index in [1.54, 1.807) is 17.7 Å². The second kappa shape index (κ2) is 4.83. The van der Waals surface area contributed by atoms with Crippen molar-refractivity contribution in [2.24, 2.45) is 5.92 Å². The van der Waals surface area contributed by atoms with Crippen LogP contribution in [0, 0.1) is 5.92 Å². The number of aromatic nitrogens is 3. The maximum absolute atomic E-state index is 4.35. The molecule has 2 atom stereocenters. The van der Waals surface area contributed by atoms with Crippen molar-refractivity contribution < 1.29 is 0 Å². The first-order valence-corrected chi connectivity index (χ1v) is 7.62. The molecule has 3 heterocycles. The molecule has 0 aliphatic heterocycles. The molecule has 0 aromatic carbocycles. The fourth-order valence-corrected chi connectivity index (χ4v) is 3.43. The predicted octanol–water partition coefficient (Wildman–Crippen LogP) is 3.30. The molecule has 100 valence electrons. The van der Waals surface area contributed by atoms with Gasteiger partial charge in [0.25, 0.3) is 0 Å². The van der Waals surface area contributed by atoms with Crippen LogP contribution in [0.2, 0.25) is 0 Å². The molecule has 3 aromatic rings. The molecular weight excluding hydrogens is 268 g/mol. The van der Waals surface area contributed by atoms with Gasteiger partial charge in [0.05, 0.1) is 10.2 Å². The lowest BCUT2D eigenvalue weighted by molar-refractivity contribution is 0.838. The van der Waals surface area contributed by atoms with Crippen LogP contribution in [0.15, 0.2) is 42.3 Å². The quantitative estimate of drug-likeness (QED) is 0.797. The van der Waals surface area contributed by atoms with Gasteiger partial charge in [0.15, 0.2) is 0 Å². The number of fused-ring (bicyclic) bond motifs is 1. The standard InChI is InChI=1S/C15H14N4S/c1-2-10(7-16-4-1)12-6-11(12)8-17-15-14-13(3-5-20-14)18-9-19-15/h1-5,7,9,11-12H,6,8H2,(H,17,18,19)/t11-,12-/m0/s1. The summed E-state index contributed by atoms with van der Waals surface area (Å²) >= 11 is 1.69. The first kappa shape index (κ1) is 11.8. The Balaban J connectivity index is 1.44. The van der Waals surface area contributed by atoms with E-state index in [1.165, 1.54) is 12.0 Å². The number of nitrogens with zero attached hydrogens (tertiary/aromatic N) is 3. The van der Waals surface area contributed by atoms with E-state index in [-0.39, 0.29) is 0 Å². The van der Waals surface area contributed by atoms with Gasteiger partial charge >= 0.3 is 0 Å². The van der Waals surface area contributed by atoms with Crippen molar-refractivity contribution in [2.75, 3.05) is 11.9 Å². The van der Waals surface area contributed by atoms with Crippen LogP contribution in [0.3, 0.4) is 0 Å². The molecule has 0 saturated heterocycles. The average Bonchev–Trinajstić information content (AvgIpc) is 3.12. The van der Waals surface area contributed by atoms with Crippen molar-refractivity contribution in [3.8, 4) is 0 Å². The molecule has 3 aromatic heterocycles. The third-order valence-electron chi connectivity index (χ3n) is 3.81. The Kier molecular flexibility index (Phi) is 2.85. The zero-order chi connectivity index (χ0) is 13.4. The molecule has 0 amide bonds. The van der Waals surface area contributed by atoms with Gasteiger partial charge in [0, 0.05) is 18.9 Å². The summed E-state index contributed by atoms with van der Waals surface area (Å²) < 4.78 is 1.14. The van der Waals surface area contributed by atoms with Crippen molar-refractivity contribution in [2.45, 2.75) is 12.3 Å². The number of rotatable bonds is 4. The Morgan fingerprint density at radius 2 is 2.30 bits per heavy atom. The van der Waals surface area contributed by atoms with Crippen molar-refractivity contribution in [3.05, 3.63) is 47.9 Å². The third-order valence-corrected chi connectivity index (χ3v) is 4.72. The summed E-state index contributed by atoms with van der Waals surface area (Å²) in [6.07, 6.45) is 6.67. The zero-order valence-corrected chi connectivity index (χ0v) is 11.7. The van der Waals surface area contributed by atoms with Crippen LogP contribution in [0.4, 0.5) is 5.82 Å². The van der Waals surface area contributed by atoms with Gasteiger partial charge in [-0.2, -0.15) is 0 Å². The second-order valence-electron chi connectivity index (χ2n) is 5.13. The minimum absolute atomic E-state index is 0.650. The van der Waals surface area contributed by atoms with Gasteiger partial charge in [-0.05, 0) is 41.3 Å². The van der Waals surface area contributed by atoms with Gasteiger partial charge in [0.2, 0.25) is 0 Å². The number of hydrogen-bond donors (Lipinski definition) is 1. The Morgan fingerprint density at radius 1 is 1.30 bits per heavy atom. The lowest BCUT2D eigenvalue weighted by Crippen LogP contribution is -2.06. The normalized spacial score (nSPS) is 21.0. The molecule has 1 N–H and O–H groups in total. The Labute approximate surface area is 120 Å². The number of anilines is 1. The molecule has 1 fully saturated rings. The maximum atomic E-state index is 4.35. The minimum atomic E-state index is 0.650. The van der Waals surface area contributed by atoms with Crippen LogP contribution in [0.5, 0.6) is 0 Å². The Hall–Kier alpha value is -2.01. The fraction of sp³-hybridized carbons (Fsp3) is 0.267. The molecule has 1 aliphatic carbocycles. The average molecular weight is 282 g/mol. The van der Waals surface area contributed by atoms with E-state index in [0.29, 0.717) is 11.8 Å². The highest BCUT2D eigenvalue weighted by molar-refractivity contribution is 7.17. The summed E-state index contributed by atoms with van der Waals surface area (Å²) in [5.74, 6) is 2.29.